The van der Waals surface area contributed by atoms with Gasteiger partial charge in [0.15, 0.2) is 5.82 Å². The Hall–Kier alpha value is -3.06. The molecule has 7 nitrogen and oxygen atoms in total. The Kier molecular flexibility index (Phi) is 4.93. The summed E-state index contributed by atoms with van der Waals surface area (Å²) in [5.74, 6) is 1.62. The molecule has 0 bridgehead atoms. The highest BCUT2D eigenvalue weighted by atomic mass is 16.5. The van der Waals surface area contributed by atoms with Gasteiger partial charge >= 0.3 is 0 Å². The van der Waals surface area contributed by atoms with E-state index in [-0.39, 0.29) is 5.60 Å². The summed E-state index contributed by atoms with van der Waals surface area (Å²) in [6.07, 6.45) is 5.55. The van der Waals surface area contributed by atoms with Crippen molar-refractivity contribution in [3.63, 3.8) is 0 Å². The molecule has 1 atom stereocenters. The van der Waals surface area contributed by atoms with Crippen LogP contribution in [0.4, 0.5) is 17.6 Å². The first-order valence-electron chi connectivity index (χ1n) is 9.07. The summed E-state index contributed by atoms with van der Waals surface area (Å²) in [5.41, 5.74) is 1.62. The van der Waals surface area contributed by atoms with E-state index in [1.807, 2.05) is 42.5 Å². The highest BCUT2D eigenvalue weighted by Crippen LogP contribution is 2.26. The first-order chi connectivity index (χ1) is 13.2. The van der Waals surface area contributed by atoms with Crippen molar-refractivity contribution in [3.8, 4) is 11.4 Å². The first kappa shape index (κ1) is 17.4. The zero-order valence-electron chi connectivity index (χ0n) is 15.2. The van der Waals surface area contributed by atoms with E-state index < -0.39 is 0 Å². The van der Waals surface area contributed by atoms with Gasteiger partial charge < -0.3 is 15.4 Å². The second kappa shape index (κ2) is 7.67. The minimum Gasteiger partial charge on any atom is -0.373 e. The minimum absolute atomic E-state index is 0.182. The van der Waals surface area contributed by atoms with Crippen LogP contribution in [-0.2, 0) is 4.74 Å². The van der Waals surface area contributed by atoms with E-state index in [1.165, 1.54) is 0 Å². The summed E-state index contributed by atoms with van der Waals surface area (Å²) in [7, 11) is 0. The monoisotopic (exact) mass is 362 g/mol. The number of nitrogens with one attached hydrogen (secondary N) is 2. The molecular weight excluding hydrogens is 340 g/mol. The van der Waals surface area contributed by atoms with E-state index in [0.29, 0.717) is 24.3 Å². The van der Waals surface area contributed by atoms with Crippen LogP contribution in [0.2, 0.25) is 0 Å². The molecule has 1 fully saturated rings. The van der Waals surface area contributed by atoms with Crippen molar-refractivity contribution in [2.45, 2.75) is 25.4 Å². The standard InChI is InChI=1S/C20H22N6O/c1-20(10-5-13-27-20)14-22-18-24-17(15-6-3-2-4-7-15)25-19(26-18)23-16-8-11-21-12-9-16/h2-4,6-9,11-12H,5,10,13-14H2,1H3,(H2,21,22,23,24,25,26). The quantitative estimate of drug-likeness (QED) is 0.692. The second-order valence-corrected chi connectivity index (χ2v) is 6.79. The minimum atomic E-state index is -0.182. The number of benzene rings is 1. The molecule has 1 saturated heterocycles. The van der Waals surface area contributed by atoms with Crippen molar-refractivity contribution >= 4 is 17.6 Å². The van der Waals surface area contributed by atoms with E-state index in [0.717, 1.165) is 30.7 Å². The van der Waals surface area contributed by atoms with Crippen molar-refractivity contribution in [1.29, 1.82) is 0 Å². The Morgan fingerprint density at radius 1 is 1.00 bits per heavy atom. The van der Waals surface area contributed by atoms with Crippen molar-refractivity contribution in [3.05, 3.63) is 54.9 Å². The molecule has 7 heteroatoms. The molecule has 0 aliphatic carbocycles. The molecule has 3 aromatic rings. The van der Waals surface area contributed by atoms with Gasteiger partial charge in [0.1, 0.15) is 0 Å². The maximum absolute atomic E-state index is 5.85. The summed E-state index contributed by atoms with van der Waals surface area (Å²) in [6, 6.07) is 13.6. The Balaban J connectivity index is 1.61. The number of hydrogen-bond donors (Lipinski definition) is 2. The average molecular weight is 362 g/mol. The Bertz CT molecular complexity index is 881. The van der Waals surface area contributed by atoms with Crippen molar-refractivity contribution in [1.82, 2.24) is 19.9 Å². The maximum atomic E-state index is 5.85. The fourth-order valence-electron chi connectivity index (χ4n) is 3.03. The molecule has 1 aliphatic rings. The molecule has 3 heterocycles. The van der Waals surface area contributed by atoms with Crippen LogP contribution in [0.3, 0.4) is 0 Å². The van der Waals surface area contributed by atoms with Crippen LogP contribution in [-0.4, -0.2) is 38.7 Å². The van der Waals surface area contributed by atoms with Crippen LogP contribution >= 0.6 is 0 Å². The van der Waals surface area contributed by atoms with Crippen LogP contribution in [0.1, 0.15) is 19.8 Å². The van der Waals surface area contributed by atoms with Gasteiger partial charge in [0, 0.05) is 36.8 Å². The predicted molar refractivity (Wildman–Crippen MR) is 105 cm³/mol. The number of rotatable bonds is 6. The van der Waals surface area contributed by atoms with Gasteiger partial charge in [0.25, 0.3) is 0 Å². The van der Waals surface area contributed by atoms with Gasteiger partial charge in [-0.2, -0.15) is 15.0 Å². The second-order valence-electron chi connectivity index (χ2n) is 6.79. The van der Waals surface area contributed by atoms with E-state index in [1.54, 1.807) is 12.4 Å². The van der Waals surface area contributed by atoms with Crippen molar-refractivity contribution in [2.24, 2.45) is 0 Å². The van der Waals surface area contributed by atoms with Gasteiger partial charge in [-0.05, 0) is 31.9 Å². The third-order valence-electron chi connectivity index (χ3n) is 4.52. The third-order valence-corrected chi connectivity index (χ3v) is 4.52. The predicted octanol–water partition coefficient (Wildman–Crippen LogP) is 3.66. The lowest BCUT2D eigenvalue weighted by Crippen LogP contribution is -2.33. The first-order valence-corrected chi connectivity index (χ1v) is 9.07. The number of nitrogens with zero attached hydrogens (tertiary/aromatic N) is 4. The zero-order chi connectivity index (χ0) is 18.5. The van der Waals surface area contributed by atoms with E-state index >= 15 is 0 Å². The maximum Gasteiger partial charge on any atom is 0.232 e. The number of ether oxygens (including phenoxy) is 1. The van der Waals surface area contributed by atoms with Crippen molar-refractivity contribution < 1.29 is 4.74 Å². The number of aromatic nitrogens is 4. The molecule has 1 aliphatic heterocycles. The lowest BCUT2D eigenvalue weighted by atomic mass is 10.0. The van der Waals surface area contributed by atoms with E-state index in [9.17, 15) is 0 Å². The Morgan fingerprint density at radius 2 is 1.78 bits per heavy atom. The lowest BCUT2D eigenvalue weighted by molar-refractivity contribution is 0.0314. The van der Waals surface area contributed by atoms with E-state index in [2.05, 4.69) is 37.5 Å². The number of anilines is 3. The normalized spacial score (nSPS) is 19.0. The molecular formula is C20H22N6O. The van der Waals surface area contributed by atoms with Crippen LogP contribution in [0, 0.1) is 0 Å². The molecule has 2 N–H and O–H groups in total. The summed E-state index contributed by atoms with van der Waals surface area (Å²) in [4.78, 5) is 17.7. The van der Waals surface area contributed by atoms with Gasteiger partial charge in [-0.1, -0.05) is 30.3 Å². The number of pyridine rings is 1. The van der Waals surface area contributed by atoms with E-state index in [4.69, 9.17) is 4.74 Å². The van der Waals surface area contributed by atoms with Crippen LogP contribution in [0.25, 0.3) is 11.4 Å². The summed E-state index contributed by atoms with van der Waals surface area (Å²) in [6.45, 7) is 3.57. The van der Waals surface area contributed by atoms with Crippen LogP contribution in [0.5, 0.6) is 0 Å². The molecule has 0 saturated carbocycles. The topological polar surface area (TPSA) is 84.9 Å². The Labute approximate surface area is 158 Å². The average Bonchev–Trinajstić information content (AvgIpc) is 3.15. The van der Waals surface area contributed by atoms with Gasteiger partial charge in [-0.3, -0.25) is 4.98 Å². The molecule has 4 rings (SSSR count). The van der Waals surface area contributed by atoms with Gasteiger partial charge in [-0.25, -0.2) is 0 Å². The summed E-state index contributed by atoms with van der Waals surface area (Å²) < 4.78 is 5.85. The highest BCUT2D eigenvalue weighted by Gasteiger charge is 2.29. The molecule has 0 radical (unpaired) electrons. The van der Waals surface area contributed by atoms with Crippen LogP contribution in [0.15, 0.2) is 54.9 Å². The smallest absolute Gasteiger partial charge is 0.232 e. The SMILES string of the molecule is CC1(CNc2nc(Nc3ccncc3)nc(-c3ccccc3)n2)CCCO1. The van der Waals surface area contributed by atoms with Gasteiger partial charge in [0.05, 0.1) is 5.60 Å². The lowest BCUT2D eigenvalue weighted by Gasteiger charge is -2.23. The zero-order valence-corrected chi connectivity index (χ0v) is 15.2. The largest absolute Gasteiger partial charge is 0.373 e. The van der Waals surface area contributed by atoms with Gasteiger partial charge in [0.2, 0.25) is 11.9 Å². The Morgan fingerprint density at radius 3 is 2.52 bits per heavy atom. The molecule has 27 heavy (non-hydrogen) atoms. The fraction of sp³-hybridized carbons (Fsp3) is 0.300. The molecule has 1 aromatic carbocycles. The molecule has 2 aromatic heterocycles. The molecule has 0 amide bonds. The fourth-order valence-corrected chi connectivity index (χ4v) is 3.03. The summed E-state index contributed by atoms with van der Waals surface area (Å²) in [5, 5.41) is 6.54. The number of hydrogen-bond acceptors (Lipinski definition) is 7. The van der Waals surface area contributed by atoms with Crippen molar-refractivity contribution in [2.75, 3.05) is 23.8 Å². The molecule has 1 unspecified atom stereocenters. The van der Waals surface area contributed by atoms with Gasteiger partial charge in [-0.15, -0.1) is 0 Å². The molecule has 138 valence electrons. The molecule has 0 spiro atoms. The third kappa shape index (κ3) is 4.38. The highest BCUT2D eigenvalue weighted by molar-refractivity contribution is 5.60. The summed E-state index contributed by atoms with van der Waals surface area (Å²) >= 11 is 0. The van der Waals surface area contributed by atoms with Crippen LogP contribution < -0.4 is 10.6 Å².